The summed E-state index contributed by atoms with van der Waals surface area (Å²) in [4.78, 5) is 46.1. The molecule has 0 aliphatic rings. The summed E-state index contributed by atoms with van der Waals surface area (Å²) in [5.74, 6) is -3.36. The summed E-state index contributed by atoms with van der Waals surface area (Å²) in [6.45, 7) is 10.9. The van der Waals surface area contributed by atoms with Crippen LogP contribution >= 0.6 is 0 Å². The van der Waals surface area contributed by atoms with Crippen LogP contribution in [0.4, 0.5) is 4.79 Å². The van der Waals surface area contributed by atoms with Crippen LogP contribution in [0.1, 0.15) is 54.9 Å². The van der Waals surface area contributed by atoms with E-state index in [-0.39, 0.29) is 0 Å². The number of ether oxygens (including phenoxy) is 4. The van der Waals surface area contributed by atoms with Gasteiger partial charge in [-0.15, -0.1) is 0 Å². The van der Waals surface area contributed by atoms with E-state index in [1.54, 1.807) is 41.5 Å². The maximum atomic E-state index is 11.8. The van der Waals surface area contributed by atoms with E-state index in [4.69, 9.17) is 19.3 Å². The standard InChI is InChI=1S/C16H26O9/c1-9(13(20)24-15(2,3)4)22-11(17)8-10(12(18)19)23-14(21)25-16(5,6)7/h9-10H,8H2,1-7H3,(H,18,19). The van der Waals surface area contributed by atoms with Gasteiger partial charge in [0.15, 0.2) is 6.10 Å². The van der Waals surface area contributed by atoms with Gasteiger partial charge in [0.05, 0.1) is 6.42 Å². The first-order chi connectivity index (χ1) is 11.1. The SMILES string of the molecule is CC(OC(=O)CC(OC(=O)OC(C)(C)C)C(=O)O)C(=O)OC(C)(C)C. The summed E-state index contributed by atoms with van der Waals surface area (Å²) < 4.78 is 19.3. The minimum atomic E-state index is -1.80. The van der Waals surface area contributed by atoms with Crippen molar-refractivity contribution < 1.29 is 43.2 Å². The highest BCUT2D eigenvalue weighted by atomic mass is 16.7. The molecule has 0 bridgehead atoms. The molecule has 0 fully saturated rings. The molecule has 0 aliphatic heterocycles. The molecule has 0 spiro atoms. The second kappa shape index (κ2) is 8.68. The summed E-state index contributed by atoms with van der Waals surface area (Å²) in [6, 6.07) is 0. The Bertz CT molecular complexity index is 511. The maximum absolute atomic E-state index is 11.8. The molecule has 2 atom stereocenters. The third-order valence-corrected chi connectivity index (χ3v) is 2.30. The lowest BCUT2D eigenvalue weighted by Gasteiger charge is -2.23. The molecule has 144 valence electrons. The van der Waals surface area contributed by atoms with Crippen LogP contribution < -0.4 is 0 Å². The van der Waals surface area contributed by atoms with Crippen LogP contribution in [0.15, 0.2) is 0 Å². The number of esters is 2. The number of carbonyl (C=O) groups is 4. The molecule has 9 heteroatoms. The van der Waals surface area contributed by atoms with E-state index >= 15 is 0 Å². The van der Waals surface area contributed by atoms with Crippen molar-refractivity contribution in [1.82, 2.24) is 0 Å². The van der Waals surface area contributed by atoms with Crippen LogP contribution in [0.25, 0.3) is 0 Å². The lowest BCUT2D eigenvalue weighted by Crippen LogP contribution is -2.36. The van der Waals surface area contributed by atoms with Crippen molar-refractivity contribution in [3.63, 3.8) is 0 Å². The lowest BCUT2D eigenvalue weighted by atomic mass is 10.2. The minimum Gasteiger partial charge on any atom is -0.478 e. The number of rotatable bonds is 6. The molecule has 0 aliphatic carbocycles. The number of carboxylic acid groups (broad SMARTS) is 1. The Morgan fingerprint density at radius 2 is 1.36 bits per heavy atom. The van der Waals surface area contributed by atoms with Crippen LogP contribution in [0.2, 0.25) is 0 Å². The highest BCUT2D eigenvalue weighted by Crippen LogP contribution is 2.13. The van der Waals surface area contributed by atoms with Crippen molar-refractivity contribution in [3.8, 4) is 0 Å². The molecule has 25 heavy (non-hydrogen) atoms. The number of aliphatic carboxylic acids is 1. The van der Waals surface area contributed by atoms with E-state index in [9.17, 15) is 19.2 Å². The molecule has 0 rings (SSSR count). The van der Waals surface area contributed by atoms with Gasteiger partial charge < -0.3 is 24.1 Å². The van der Waals surface area contributed by atoms with E-state index in [1.165, 1.54) is 6.92 Å². The van der Waals surface area contributed by atoms with Crippen molar-refractivity contribution in [3.05, 3.63) is 0 Å². The molecule has 9 nitrogen and oxygen atoms in total. The summed E-state index contributed by atoms with van der Waals surface area (Å²) in [6.07, 6.45) is -5.04. The fraction of sp³-hybridized carbons (Fsp3) is 0.750. The van der Waals surface area contributed by atoms with Gasteiger partial charge in [-0.3, -0.25) is 4.79 Å². The molecular weight excluding hydrogens is 336 g/mol. The first-order valence-electron chi connectivity index (χ1n) is 7.65. The number of carbonyl (C=O) groups excluding carboxylic acids is 3. The molecule has 0 radical (unpaired) electrons. The first-order valence-corrected chi connectivity index (χ1v) is 7.65. The van der Waals surface area contributed by atoms with Crippen LogP contribution in [0, 0.1) is 0 Å². The van der Waals surface area contributed by atoms with Crippen LogP contribution in [-0.4, -0.2) is 52.6 Å². The monoisotopic (exact) mass is 362 g/mol. The molecule has 0 saturated carbocycles. The van der Waals surface area contributed by atoms with Crippen LogP contribution in [0.5, 0.6) is 0 Å². The minimum absolute atomic E-state index is 0.763. The van der Waals surface area contributed by atoms with E-state index < -0.39 is 53.9 Å². The molecule has 0 aromatic rings. The second-order valence-electron chi connectivity index (χ2n) is 7.28. The van der Waals surface area contributed by atoms with Gasteiger partial charge in [-0.1, -0.05) is 0 Å². The maximum Gasteiger partial charge on any atom is 0.509 e. The predicted octanol–water partition coefficient (Wildman–Crippen LogP) is 2.05. The largest absolute Gasteiger partial charge is 0.509 e. The van der Waals surface area contributed by atoms with E-state index in [0.29, 0.717) is 0 Å². The van der Waals surface area contributed by atoms with Gasteiger partial charge in [0.2, 0.25) is 6.10 Å². The van der Waals surface area contributed by atoms with E-state index in [0.717, 1.165) is 0 Å². The van der Waals surface area contributed by atoms with Crippen molar-refractivity contribution in [2.75, 3.05) is 0 Å². The van der Waals surface area contributed by atoms with Gasteiger partial charge in [-0.25, -0.2) is 14.4 Å². The smallest absolute Gasteiger partial charge is 0.478 e. The first kappa shape index (κ1) is 22.7. The quantitative estimate of drug-likeness (QED) is 0.558. The summed E-state index contributed by atoms with van der Waals surface area (Å²) in [7, 11) is 0. The van der Waals surface area contributed by atoms with Crippen LogP contribution in [-0.2, 0) is 33.3 Å². The highest BCUT2D eigenvalue weighted by molar-refractivity contribution is 5.84. The summed E-state index contributed by atoms with van der Waals surface area (Å²) in [5.41, 5.74) is -1.65. The van der Waals surface area contributed by atoms with Crippen LogP contribution in [0.3, 0.4) is 0 Å². The number of hydrogen-bond acceptors (Lipinski definition) is 8. The predicted molar refractivity (Wildman–Crippen MR) is 84.8 cm³/mol. The Morgan fingerprint density at radius 3 is 1.76 bits per heavy atom. The fourth-order valence-corrected chi connectivity index (χ4v) is 1.40. The van der Waals surface area contributed by atoms with Crippen molar-refractivity contribution in [2.45, 2.75) is 78.3 Å². The normalized spacial score (nSPS) is 14.0. The second-order valence-corrected chi connectivity index (χ2v) is 7.28. The highest BCUT2D eigenvalue weighted by Gasteiger charge is 2.31. The zero-order chi connectivity index (χ0) is 20.0. The Labute approximate surface area is 146 Å². The van der Waals surface area contributed by atoms with Gasteiger partial charge in [-0.2, -0.15) is 0 Å². The molecule has 2 unspecified atom stereocenters. The Kier molecular flexibility index (Phi) is 7.88. The fourth-order valence-electron chi connectivity index (χ4n) is 1.40. The molecule has 0 heterocycles. The third-order valence-electron chi connectivity index (χ3n) is 2.30. The zero-order valence-corrected chi connectivity index (χ0v) is 15.6. The van der Waals surface area contributed by atoms with E-state index in [2.05, 4.69) is 4.74 Å². The third kappa shape index (κ3) is 11.0. The summed E-state index contributed by atoms with van der Waals surface area (Å²) >= 11 is 0. The average Bonchev–Trinajstić information content (AvgIpc) is 2.32. The van der Waals surface area contributed by atoms with Crippen molar-refractivity contribution in [1.29, 1.82) is 0 Å². The van der Waals surface area contributed by atoms with Gasteiger partial charge in [0.1, 0.15) is 11.2 Å². The molecule has 0 aromatic heterocycles. The molecular formula is C16H26O9. The number of hydrogen-bond donors (Lipinski definition) is 1. The molecule has 0 amide bonds. The molecule has 0 saturated heterocycles. The Balaban J connectivity index is 4.67. The lowest BCUT2D eigenvalue weighted by molar-refractivity contribution is -0.176. The van der Waals surface area contributed by atoms with Gasteiger partial charge in [-0.05, 0) is 48.5 Å². The van der Waals surface area contributed by atoms with Crippen molar-refractivity contribution >= 4 is 24.1 Å². The molecule has 1 N–H and O–H groups in total. The van der Waals surface area contributed by atoms with Gasteiger partial charge in [0, 0.05) is 0 Å². The summed E-state index contributed by atoms with van der Waals surface area (Å²) in [5, 5.41) is 9.03. The van der Waals surface area contributed by atoms with Crippen molar-refractivity contribution in [2.24, 2.45) is 0 Å². The van der Waals surface area contributed by atoms with Gasteiger partial charge in [0.25, 0.3) is 0 Å². The zero-order valence-electron chi connectivity index (χ0n) is 15.6. The Hall–Kier alpha value is -2.32. The van der Waals surface area contributed by atoms with E-state index in [1.807, 2.05) is 0 Å². The van der Waals surface area contributed by atoms with Gasteiger partial charge >= 0.3 is 24.1 Å². The topological polar surface area (TPSA) is 125 Å². The Morgan fingerprint density at radius 1 is 0.880 bits per heavy atom. The number of carboxylic acids is 1. The average molecular weight is 362 g/mol. The molecule has 0 aromatic carbocycles.